The van der Waals surface area contributed by atoms with Gasteiger partial charge >= 0.3 is 0 Å². The van der Waals surface area contributed by atoms with Crippen molar-refractivity contribution in [1.82, 2.24) is 0 Å². The molecule has 0 saturated heterocycles. The van der Waals surface area contributed by atoms with Crippen LogP contribution in [-0.4, -0.2) is 37.4 Å². The number of benzene rings is 3. The third-order valence-corrected chi connectivity index (χ3v) is 10.8. The van der Waals surface area contributed by atoms with Crippen molar-refractivity contribution in [1.29, 1.82) is 0 Å². The van der Waals surface area contributed by atoms with Gasteiger partial charge in [-0.2, -0.15) is 13.0 Å². The molecule has 11 heteroatoms. The molecule has 8 nitrogen and oxygen atoms in total. The molecule has 1 aliphatic rings. The normalized spacial score (nSPS) is 16.3. The number of nitrogens with zero attached hydrogens (tertiary/aromatic N) is 1. The van der Waals surface area contributed by atoms with Crippen LogP contribution in [0, 0.1) is 13.8 Å². The lowest BCUT2D eigenvalue weighted by molar-refractivity contribution is -0.669. The molecular formula is C34H37NO7S3. The van der Waals surface area contributed by atoms with Crippen molar-refractivity contribution in [3.8, 4) is 16.9 Å². The first-order valence-electron chi connectivity index (χ1n) is 14.9. The minimum atomic E-state index is -4.43. The smallest absolute Gasteiger partial charge is 0.264 e. The summed E-state index contributed by atoms with van der Waals surface area (Å²) in [5, 5.41) is 0.983. The van der Waals surface area contributed by atoms with Crippen LogP contribution < -0.4 is 9.30 Å². The number of ether oxygens (including phenoxy) is 1. The third kappa shape index (κ3) is 8.28. The standard InChI is InChI=1S/C34H37NO7S3/c1-4-25(21-34-35(15-8-9-16-44(36,37)38)30-18-23(2)24(3)19-33(30)43-34)20-32-28(14-17-45(39,40)41)29-22-27(12-13-31(29)42-32)26-10-6-5-7-11-26/h5-7,10-13,18-22,28H,4,8-9,14-17H2,1-3H3,(H-,36,37,38,39,40,41). The summed E-state index contributed by atoms with van der Waals surface area (Å²) in [6.07, 6.45) is 5.72. The Morgan fingerprint density at radius 3 is 2.40 bits per heavy atom. The quantitative estimate of drug-likeness (QED) is 0.0987. The monoisotopic (exact) mass is 667 g/mol. The summed E-state index contributed by atoms with van der Waals surface area (Å²) in [5.74, 6) is 0.0562. The Bertz CT molecular complexity index is 1990. The maximum absolute atomic E-state index is 11.7. The summed E-state index contributed by atoms with van der Waals surface area (Å²) in [4.78, 5) is 0. The molecule has 1 aliphatic heterocycles. The Labute approximate surface area is 269 Å². The lowest BCUT2D eigenvalue weighted by Gasteiger charge is -2.14. The van der Waals surface area contributed by atoms with E-state index in [-0.39, 0.29) is 12.2 Å². The molecule has 0 bridgehead atoms. The van der Waals surface area contributed by atoms with Gasteiger partial charge in [0.15, 0.2) is 6.54 Å². The molecule has 45 heavy (non-hydrogen) atoms. The number of fused-ring (bicyclic) bond motifs is 2. The van der Waals surface area contributed by atoms with Crippen LogP contribution in [0.4, 0.5) is 0 Å². The Morgan fingerprint density at radius 2 is 1.71 bits per heavy atom. The van der Waals surface area contributed by atoms with Crippen molar-refractivity contribution in [3.05, 3.63) is 99.8 Å². The molecule has 1 atom stereocenters. The van der Waals surface area contributed by atoms with Crippen molar-refractivity contribution in [2.75, 3.05) is 11.5 Å². The van der Waals surface area contributed by atoms with E-state index < -0.39 is 31.9 Å². The number of rotatable bonds is 12. The zero-order valence-electron chi connectivity index (χ0n) is 25.5. The van der Waals surface area contributed by atoms with Gasteiger partial charge in [-0.05, 0) is 85.2 Å². The SMILES string of the molecule is CCC(=Cc1sc2cc(C)c(C)cc2[n+]1CCCCS(=O)(=O)O)C=C1Oc2ccc(-c3ccccc3)cc2C1CCS(=O)(=O)[O-]. The number of hydrogen-bond donors (Lipinski definition) is 1. The molecule has 4 aromatic rings. The van der Waals surface area contributed by atoms with Crippen LogP contribution in [0.5, 0.6) is 5.75 Å². The van der Waals surface area contributed by atoms with Gasteiger partial charge < -0.3 is 9.29 Å². The largest absolute Gasteiger partial charge is 0.748 e. The average Bonchev–Trinajstić information content (AvgIpc) is 3.49. The molecule has 5 rings (SSSR count). The first kappa shape index (κ1) is 33.0. The fourth-order valence-corrected chi connectivity index (χ4v) is 7.94. The van der Waals surface area contributed by atoms with E-state index in [9.17, 15) is 25.9 Å². The third-order valence-electron chi connectivity index (χ3n) is 8.15. The van der Waals surface area contributed by atoms with E-state index in [1.54, 1.807) is 11.3 Å². The second-order valence-electron chi connectivity index (χ2n) is 11.4. The van der Waals surface area contributed by atoms with Gasteiger partial charge in [0.2, 0.25) is 5.52 Å². The van der Waals surface area contributed by atoms with Gasteiger partial charge in [-0.1, -0.05) is 54.7 Å². The van der Waals surface area contributed by atoms with Crippen molar-refractivity contribution in [3.63, 3.8) is 0 Å². The molecule has 0 saturated carbocycles. The maximum Gasteiger partial charge on any atom is 0.264 e. The maximum atomic E-state index is 11.7. The molecule has 0 spiro atoms. The van der Waals surface area contributed by atoms with Crippen LogP contribution in [0.3, 0.4) is 0 Å². The molecular weight excluding hydrogens is 631 g/mol. The first-order valence-corrected chi connectivity index (χ1v) is 18.9. The van der Waals surface area contributed by atoms with Gasteiger partial charge in [0, 0.05) is 35.8 Å². The van der Waals surface area contributed by atoms with E-state index in [2.05, 4.69) is 36.6 Å². The first-order chi connectivity index (χ1) is 21.3. The lowest BCUT2D eigenvalue weighted by Crippen LogP contribution is -2.35. The predicted octanol–water partition coefficient (Wildman–Crippen LogP) is 6.93. The van der Waals surface area contributed by atoms with Crippen LogP contribution in [0.2, 0.25) is 0 Å². The molecule has 3 aromatic carbocycles. The summed E-state index contributed by atoms with van der Waals surface area (Å²) in [7, 11) is -8.46. The van der Waals surface area contributed by atoms with E-state index in [1.165, 1.54) is 5.56 Å². The molecule has 2 heterocycles. The Balaban J connectivity index is 1.53. The van der Waals surface area contributed by atoms with Gasteiger partial charge in [-0.25, -0.2) is 8.42 Å². The van der Waals surface area contributed by atoms with Gasteiger partial charge in [0.1, 0.15) is 16.2 Å². The highest BCUT2D eigenvalue weighted by molar-refractivity contribution is 7.85. The molecule has 238 valence electrons. The topological polar surface area (TPSA) is 125 Å². The van der Waals surface area contributed by atoms with E-state index in [0.29, 0.717) is 37.3 Å². The highest BCUT2D eigenvalue weighted by atomic mass is 32.2. The van der Waals surface area contributed by atoms with Crippen molar-refractivity contribution in [2.24, 2.45) is 0 Å². The van der Waals surface area contributed by atoms with Crippen molar-refractivity contribution in [2.45, 2.75) is 58.9 Å². The molecule has 1 aromatic heterocycles. The molecule has 0 radical (unpaired) electrons. The van der Waals surface area contributed by atoms with Gasteiger partial charge in [0.05, 0.1) is 15.9 Å². The van der Waals surface area contributed by atoms with Gasteiger partial charge in [0.25, 0.3) is 15.1 Å². The summed E-state index contributed by atoms with van der Waals surface area (Å²) < 4.78 is 76.4. The summed E-state index contributed by atoms with van der Waals surface area (Å²) in [6, 6.07) is 20.1. The predicted molar refractivity (Wildman–Crippen MR) is 178 cm³/mol. The van der Waals surface area contributed by atoms with Crippen LogP contribution in [0.15, 0.2) is 78.1 Å². The number of allylic oxidation sites excluding steroid dienone is 3. The van der Waals surface area contributed by atoms with Gasteiger partial charge in [-0.3, -0.25) is 4.55 Å². The van der Waals surface area contributed by atoms with E-state index in [4.69, 9.17) is 4.74 Å². The minimum Gasteiger partial charge on any atom is -0.748 e. The number of unbranched alkanes of at least 4 members (excludes halogenated alkanes) is 1. The Morgan fingerprint density at radius 1 is 0.978 bits per heavy atom. The minimum absolute atomic E-state index is 0.106. The highest BCUT2D eigenvalue weighted by Crippen LogP contribution is 2.45. The average molecular weight is 668 g/mol. The lowest BCUT2D eigenvalue weighted by atomic mass is 9.92. The molecule has 0 fully saturated rings. The number of aromatic nitrogens is 1. The fraction of sp³-hybridized carbons (Fsp3) is 0.324. The van der Waals surface area contributed by atoms with Crippen LogP contribution in [0.1, 0.15) is 60.2 Å². The van der Waals surface area contributed by atoms with Crippen LogP contribution in [0.25, 0.3) is 27.4 Å². The highest BCUT2D eigenvalue weighted by Gasteiger charge is 2.31. The second kappa shape index (κ2) is 13.6. The molecule has 0 aliphatic carbocycles. The number of thiazole rings is 1. The molecule has 1 N–H and O–H groups in total. The van der Waals surface area contributed by atoms with Crippen LogP contribution >= 0.6 is 11.3 Å². The van der Waals surface area contributed by atoms with Gasteiger partial charge in [-0.15, -0.1) is 0 Å². The van der Waals surface area contributed by atoms with Crippen molar-refractivity contribution < 1.29 is 35.2 Å². The van der Waals surface area contributed by atoms with Crippen LogP contribution in [-0.2, 0) is 26.8 Å². The number of aryl methyl sites for hydroxylation is 3. The zero-order valence-corrected chi connectivity index (χ0v) is 28.0. The van der Waals surface area contributed by atoms with Crippen molar-refractivity contribution >= 4 is 47.9 Å². The summed E-state index contributed by atoms with van der Waals surface area (Å²) in [6.45, 7) is 6.75. The van der Waals surface area contributed by atoms with E-state index in [1.807, 2.05) is 61.5 Å². The Hall–Kier alpha value is -3.35. The second-order valence-corrected chi connectivity index (χ2v) is 15.6. The summed E-state index contributed by atoms with van der Waals surface area (Å²) >= 11 is 1.64. The molecule has 0 amide bonds. The zero-order chi connectivity index (χ0) is 32.4. The Kier molecular flexibility index (Phi) is 9.95. The van der Waals surface area contributed by atoms with E-state index >= 15 is 0 Å². The van der Waals surface area contributed by atoms with E-state index in [0.717, 1.165) is 43.1 Å². The number of hydrogen-bond acceptors (Lipinski definition) is 7. The summed E-state index contributed by atoms with van der Waals surface area (Å²) in [5.41, 5.74) is 7.21. The fourth-order valence-electron chi connectivity index (χ4n) is 5.60. The molecule has 1 unspecified atom stereocenters.